The maximum absolute atomic E-state index is 12.0. The highest BCUT2D eigenvalue weighted by Gasteiger charge is 2.20. The smallest absolute Gasteiger partial charge is 0.221 e. The number of carbonyl (C=O) groups excluding carboxylic acids is 1. The molecule has 3 N–H and O–H groups in total. The Morgan fingerprint density at radius 3 is 2.58 bits per heavy atom. The van der Waals surface area contributed by atoms with E-state index in [9.17, 15) is 4.79 Å². The van der Waals surface area contributed by atoms with Crippen molar-refractivity contribution >= 4 is 11.9 Å². The first-order valence-corrected chi connectivity index (χ1v) is 10.8. The number of aliphatic imine (C=N–C) groups is 1. The summed E-state index contributed by atoms with van der Waals surface area (Å²) < 4.78 is 0. The number of hydrogen-bond donors (Lipinski definition) is 3. The van der Waals surface area contributed by atoms with E-state index in [1.165, 1.54) is 45.1 Å². The topological polar surface area (TPSA) is 68.8 Å². The first-order valence-electron chi connectivity index (χ1n) is 10.8. The third-order valence-electron chi connectivity index (χ3n) is 5.59. The number of piperidine rings is 1. The number of nitrogens with one attached hydrogen (secondary N) is 3. The molecule has 0 radical (unpaired) electrons. The second kappa shape index (κ2) is 12.2. The van der Waals surface area contributed by atoms with E-state index in [1.54, 1.807) is 0 Å². The molecule has 1 aliphatic heterocycles. The number of hydrogen-bond acceptors (Lipinski definition) is 3. The molecule has 1 saturated carbocycles. The molecule has 0 aromatic carbocycles. The highest BCUT2D eigenvalue weighted by molar-refractivity contribution is 5.81. The van der Waals surface area contributed by atoms with Crippen LogP contribution in [0.2, 0.25) is 0 Å². The average Bonchev–Trinajstić information content (AvgIpc) is 3.15. The van der Waals surface area contributed by atoms with Crippen LogP contribution in [0.1, 0.15) is 71.6 Å². The molecule has 6 nitrogen and oxygen atoms in total. The van der Waals surface area contributed by atoms with Gasteiger partial charge < -0.3 is 16.0 Å². The van der Waals surface area contributed by atoms with Crippen molar-refractivity contribution in [2.45, 2.75) is 83.7 Å². The molecule has 0 bridgehead atoms. The fourth-order valence-corrected chi connectivity index (χ4v) is 4.11. The number of carbonyl (C=O) groups is 1. The zero-order valence-electron chi connectivity index (χ0n) is 16.9. The van der Waals surface area contributed by atoms with E-state index in [2.05, 4.69) is 34.7 Å². The molecule has 6 heteroatoms. The Bertz CT molecular complexity index is 434. The lowest BCUT2D eigenvalue weighted by atomic mass is 10.0. The highest BCUT2D eigenvalue weighted by atomic mass is 16.1. The van der Waals surface area contributed by atoms with Crippen molar-refractivity contribution in [3.8, 4) is 0 Å². The van der Waals surface area contributed by atoms with Crippen molar-refractivity contribution in [3.63, 3.8) is 0 Å². The predicted octanol–water partition coefficient (Wildman–Crippen LogP) is 2.25. The Balaban J connectivity index is 1.67. The fourth-order valence-electron chi connectivity index (χ4n) is 4.11. The second-order valence-electron chi connectivity index (χ2n) is 7.58. The summed E-state index contributed by atoms with van der Waals surface area (Å²) in [6.45, 7) is 8.86. The quantitative estimate of drug-likeness (QED) is 0.433. The summed E-state index contributed by atoms with van der Waals surface area (Å²) in [6, 6.07) is 1.13. The van der Waals surface area contributed by atoms with Crippen LogP contribution in [0.3, 0.4) is 0 Å². The van der Waals surface area contributed by atoms with Gasteiger partial charge in [-0.15, -0.1) is 0 Å². The molecule has 1 heterocycles. The third-order valence-corrected chi connectivity index (χ3v) is 5.59. The van der Waals surface area contributed by atoms with Crippen LogP contribution in [-0.4, -0.2) is 61.6 Å². The molecule has 2 rings (SSSR count). The molecule has 1 atom stereocenters. The Morgan fingerprint density at radius 2 is 1.85 bits per heavy atom. The van der Waals surface area contributed by atoms with Crippen molar-refractivity contribution in [1.82, 2.24) is 20.9 Å². The average molecular weight is 366 g/mol. The van der Waals surface area contributed by atoms with Gasteiger partial charge >= 0.3 is 0 Å². The molecule has 1 unspecified atom stereocenters. The summed E-state index contributed by atoms with van der Waals surface area (Å²) >= 11 is 0. The second-order valence-corrected chi connectivity index (χ2v) is 7.58. The van der Waals surface area contributed by atoms with E-state index < -0.39 is 0 Å². The molecule has 0 aromatic rings. The number of nitrogens with zero attached hydrogens (tertiary/aromatic N) is 2. The lowest BCUT2D eigenvalue weighted by Crippen LogP contribution is -2.42. The summed E-state index contributed by atoms with van der Waals surface area (Å²) in [5, 5.41) is 9.72. The molecule has 26 heavy (non-hydrogen) atoms. The molecular weight excluding hydrogens is 326 g/mol. The molecule has 1 aliphatic carbocycles. The zero-order chi connectivity index (χ0) is 18.6. The van der Waals surface area contributed by atoms with Gasteiger partial charge in [0.15, 0.2) is 5.96 Å². The summed E-state index contributed by atoms with van der Waals surface area (Å²) in [4.78, 5) is 19.3. The van der Waals surface area contributed by atoms with Gasteiger partial charge in [-0.1, -0.05) is 26.2 Å². The van der Waals surface area contributed by atoms with Gasteiger partial charge in [0.2, 0.25) is 5.91 Å². The molecular formula is C20H39N5O. The molecule has 2 fully saturated rings. The summed E-state index contributed by atoms with van der Waals surface area (Å²) in [6.07, 6.45) is 10.5. The van der Waals surface area contributed by atoms with E-state index in [1.807, 2.05) is 0 Å². The van der Waals surface area contributed by atoms with Crippen molar-refractivity contribution in [2.24, 2.45) is 4.99 Å². The van der Waals surface area contributed by atoms with E-state index in [0.29, 0.717) is 19.0 Å². The maximum atomic E-state index is 12.0. The molecule has 0 spiro atoms. The third kappa shape index (κ3) is 7.52. The van der Waals surface area contributed by atoms with Crippen LogP contribution in [0, 0.1) is 0 Å². The highest BCUT2D eigenvalue weighted by Crippen LogP contribution is 2.19. The monoisotopic (exact) mass is 365 g/mol. The normalized spacial score (nSPS) is 22.4. The lowest BCUT2D eigenvalue weighted by molar-refractivity contribution is -0.121. The van der Waals surface area contributed by atoms with Crippen molar-refractivity contribution < 1.29 is 4.79 Å². The summed E-state index contributed by atoms with van der Waals surface area (Å²) in [5.74, 6) is 0.977. The minimum atomic E-state index is 0.152. The number of guanidine groups is 1. The van der Waals surface area contributed by atoms with Crippen LogP contribution in [0.5, 0.6) is 0 Å². The van der Waals surface area contributed by atoms with Gasteiger partial charge in [0, 0.05) is 38.1 Å². The van der Waals surface area contributed by atoms with Gasteiger partial charge in [0.05, 0.1) is 6.54 Å². The SMILES string of the molecule is CCNC(=NCCN1CCCCC1CC)NCCC(=O)NC1CCCC1. The van der Waals surface area contributed by atoms with E-state index >= 15 is 0 Å². The van der Waals surface area contributed by atoms with E-state index in [4.69, 9.17) is 4.99 Å². The molecule has 150 valence electrons. The van der Waals surface area contributed by atoms with Crippen LogP contribution in [0.15, 0.2) is 4.99 Å². The van der Waals surface area contributed by atoms with Crippen LogP contribution in [-0.2, 0) is 4.79 Å². The van der Waals surface area contributed by atoms with E-state index in [0.717, 1.165) is 44.5 Å². The summed E-state index contributed by atoms with van der Waals surface area (Å²) in [5.41, 5.74) is 0. The number of rotatable bonds is 9. The van der Waals surface area contributed by atoms with Crippen molar-refractivity contribution in [2.75, 3.05) is 32.7 Å². The van der Waals surface area contributed by atoms with Gasteiger partial charge in [-0.3, -0.25) is 14.7 Å². The van der Waals surface area contributed by atoms with Crippen LogP contribution in [0.25, 0.3) is 0 Å². The fraction of sp³-hybridized carbons (Fsp3) is 0.900. The number of likely N-dealkylation sites (tertiary alicyclic amines) is 1. The lowest BCUT2D eigenvalue weighted by Gasteiger charge is -2.34. The Labute approximate surface area is 159 Å². The van der Waals surface area contributed by atoms with Crippen LogP contribution < -0.4 is 16.0 Å². The largest absolute Gasteiger partial charge is 0.357 e. The van der Waals surface area contributed by atoms with Crippen molar-refractivity contribution in [1.29, 1.82) is 0 Å². The Hall–Kier alpha value is -1.30. The predicted molar refractivity (Wildman–Crippen MR) is 109 cm³/mol. The van der Waals surface area contributed by atoms with E-state index in [-0.39, 0.29) is 5.91 Å². The molecule has 1 amide bonds. The van der Waals surface area contributed by atoms with Gasteiger partial charge in [-0.2, -0.15) is 0 Å². The van der Waals surface area contributed by atoms with Crippen molar-refractivity contribution in [3.05, 3.63) is 0 Å². The van der Waals surface area contributed by atoms with Gasteiger partial charge in [-0.25, -0.2) is 0 Å². The Kier molecular flexibility index (Phi) is 9.82. The van der Waals surface area contributed by atoms with Gasteiger partial charge in [-0.05, 0) is 45.6 Å². The standard InChI is InChI=1S/C20H39N5O/c1-3-18-11-7-8-15-25(18)16-14-23-20(21-4-2)22-13-12-19(26)24-17-9-5-6-10-17/h17-18H,3-16H2,1-2H3,(H,24,26)(H2,21,22,23). The van der Waals surface area contributed by atoms with Crippen LogP contribution in [0.4, 0.5) is 0 Å². The summed E-state index contributed by atoms with van der Waals surface area (Å²) in [7, 11) is 0. The van der Waals surface area contributed by atoms with Gasteiger partial charge in [0.1, 0.15) is 0 Å². The minimum absolute atomic E-state index is 0.152. The zero-order valence-corrected chi connectivity index (χ0v) is 16.9. The molecule has 2 aliphatic rings. The maximum Gasteiger partial charge on any atom is 0.221 e. The Morgan fingerprint density at radius 1 is 1.08 bits per heavy atom. The van der Waals surface area contributed by atoms with Gasteiger partial charge in [0.25, 0.3) is 0 Å². The molecule has 0 aromatic heterocycles. The molecule has 1 saturated heterocycles. The number of amides is 1. The first kappa shape index (κ1) is 21.0. The first-order chi connectivity index (χ1) is 12.7. The minimum Gasteiger partial charge on any atom is -0.357 e. The van der Waals surface area contributed by atoms with Crippen LogP contribution >= 0.6 is 0 Å².